The topological polar surface area (TPSA) is 3.24 Å². The SMILES string of the molecule is c1ccc2c(c1)Sc1ccc3c4c1B2c1cccc2c1N4B(c1ccccc1-2)c1ccccc1-3. The molecule has 0 radical (unpaired) electrons. The van der Waals surface area contributed by atoms with Gasteiger partial charge in [-0.2, -0.15) is 0 Å². The predicted molar refractivity (Wildman–Crippen MR) is 146 cm³/mol. The van der Waals surface area contributed by atoms with Crippen molar-refractivity contribution >= 4 is 64.0 Å². The minimum absolute atomic E-state index is 0.197. The number of nitrogens with zero attached hydrogens (tertiary/aromatic N) is 1. The zero-order chi connectivity index (χ0) is 22.0. The lowest BCUT2D eigenvalue weighted by Crippen LogP contribution is -2.68. The molecule has 1 nitrogen and oxygen atoms in total. The van der Waals surface area contributed by atoms with Gasteiger partial charge in [0, 0.05) is 32.3 Å². The third-order valence-corrected chi connectivity index (χ3v) is 9.29. The summed E-state index contributed by atoms with van der Waals surface area (Å²) in [6, 6.07) is 38.8. The third-order valence-electron chi connectivity index (χ3n) is 8.13. The molecule has 0 saturated carbocycles. The van der Waals surface area contributed by atoms with E-state index in [0.717, 1.165) is 0 Å². The minimum Gasteiger partial charge on any atom is -0.377 e. The summed E-state index contributed by atoms with van der Waals surface area (Å²) in [6.07, 6.45) is 0. The van der Waals surface area contributed by atoms with Gasteiger partial charge in [-0.15, -0.1) is 0 Å². The Morgan fingerprint density at radius 1 is 0.471 bits per heavy atom. The number of hydrogen-bond acceptors (Lipinski definition) is 2. The number of rotatable bonds is 0. The Hall–Kier alpha value is -3.62. The molecule has 0 amide bonds. The largest absolute Gasteiger partial charge is 0.377 e. The average Bonchev–Trinajstić information content (AvgIpc) is 2.91. The monoisotopic (exact) mass is 445 g/mol. The van der Waals surface area contributed by atoms with Crippen LogP contribution in [0.1, 0.15) is 0 Å². The zero-order valence-corrected chi connectivity index (χ0v) is 19.1. The van der Waals surface area contributed by atoms with Crippen LogP contribution in [0.5, 0.6) is 0 Å². The molecular weight excluding hydrogens is 428 g/mol. The summed E-state index contributed by atoms with van der Waals surface area (Å²) in [5.41, 5.74) is 15.5. The van der Waals surface area contributed by atoms with Crippen LogP contribution in [-0.4, -0.2) is 13.6 Å². The van der Waals surface area contributed by atoms with Crippen LogP contribution < -0.4 is 32.1 Å². The molecule has 4 heterocycles. The highest BCUT2D eigenvalue weighted by molar-refractivity contribution is 8.00. The van der Waals surface area contributed by atoms with E-state index in [0.29, 0.717) is 0 Å². The molecule has 0 aliphatic carbocycles. The highest BCUT2D eigenvalue weighted by atomic mass is 32.2. The first kappa shape index (κ1) is 17.8. The van der Waals surface area contributed by atoms with Gasteiger partial charge in [0.25, 0.3) is 0 Å². The van der Waals surface area contributed by atoms with Crippen molar-refractivity contribution < 1.29 is 0 Å². The van der Waals surface area contributed by atoms with E-state index >= 15 is 0 Å². The first-order valence-corrected chi connectivity index (χ1v) is 12.8. The Kier molecular flexibility index (Phi) is 3.18. The molecule has 9 rings (SSSR count). The number of hydrogen-bond donors (Lipinski definition) is 0. The van der Waals surface area contributed by atoms with Crippen LogP contribution in [0, 0.1) is 0 Å². The van der Waals surface area contributed by atoms with Gasteiger partial charge in [0.05, 0.1) is 0 Å². The average molecular weight is 445 g/mol. The number of anilines is 2. The Morgan fingerprint density at radius 2 is 1.09 bits per heavy atom. The van der Waals surface area contributed by atoms with Crippen molar-refractivity contribution in [1.29, 1.82) is 0 Å². The number of para-hydroxylation sites is 1. The van der Waals surface area contributed by atoms with Crippen molar-refractivity contribution in [3.05, 3.63) is 103 Å². The molecule has 0 fully saturated rings. The molecule has 5 aromatic carbocycles. The molecule has 0 aromatic heterocycles. The molecule has 34 heavy (non-hydrogen) atoms. The summed E-state index contributed by atoms with van der Waals surface area (Å²) < 4.78 is 0. The van der Waals surface area contributed by atoms with Crippen molar-refractivity contribution in [1.82, 2.24) is 0 Å². The summed E-state index contributed by atoms with van der Waals surface area (Å²) in [5, 5.41) is 0. The van der Waals surface area contributed by atoms with E-state index in [1.165, 1.54) is 70.7 Å². The van der Waals surface area contributed by atoms with E-state index in [-0.39, 0.29) is 13.6 Å². The second kappa shape index (κ2) is 6.08. The molecule has 4 aliphatic rings. The Bertz CT molecular complexity index is 1730. The number of fused-ring (bicyclic) bond motifs is 9. The van der Waals surface area contributed by atoms with Crippen molar-refractivity contribution in [2.75, 3.05) is 4.81 Å². The predicted octanol–water partition coefficient (Wildman–Crippen LogP) is 3.89. The van der Waals surface area contributed by atoms with Gasteiger partial charge in [0.15, 0.2) is 0 Å². The van der Waals surface area contributed by atoms with Gasteiger partial charge in [0.1, 0.15) is 0 Å². The fourth-order valence-electron chi connectivity index (χ4n) is 6.90. The van der Waals surface area contributed by atoms with Crippen molar-refractivity contribution in [2.45, 2.75) is 9.79 Å². The van der Waals surface area contributed by atoms with Gasteiger partial charge in [-0.1, -0.05) is 108 Å². The van der Waals surface area contributed by atoms with Gasteiger partial charge in [-0.05, 0) is 45.1 Å². The smallest absolute Gasteiger partial charge is 0.329 e. The number of benzene rings is 5. The van der Waals surface area contributed by atoms with Crippen LogP contribution in [0.4, 0.5) is 11.4 Å². The molecule has 4 heteroatoms. The molecule has 154 valence electrons. The van der Waals surface area contributed by atoms with E-state index < -0.39 is 0 Å². The maximum absolute atomic E-state index is 2.69. The Labute approximate surface area is 203 Å². The standard InChI is InChI=1S/C30H17B2NS/c1-3-11-22-18(8-1)20-10-7-14-25-29(20)33-30-21(19-9-2-4-12-23(19)32(22)33)16-17-27-28(30)31(25)24-13-5-6-15-26(24)34-27/h1-17H. The lowest BCUT2D eigenvalue weighted by atomic mass is 9.31. The van der Waals surface area contributed by atoms with Crippen molar-refractivity contribution in [2.24, 2.45) is 0 Å². The van der Waals surface area contributed by atoms with Crippen LogP contribution in [0.15, 0.2) is 113 Å². The molecule has 4 aliphatic heterocycles. The zero-order valence-electron chi connectivity index (χ0n) is 18.3. The maximum Gasteiger partial charge on any atom is 0.329 e. The molecule has 0 bridgehead atoms. The maximum atomic E-state index is 2.69. The molecule has 5 aromatic rings. The van der Waals surface area contributed by atoms with E-state index in [4.69, 9.17) is 0 Å². The fourth-order valence-corrected chi connectivity index (χ4v) is 8.05. The second-order valence-electron chi connectivity index (χ2n) is 9.64. The molecular formula is C30H17B2NS. The summed E-state index contributed by atoms with van der Waals surface area (Å²) in [6.45, 7) is 0.466. The van der Waals surface area contributed by atoms with E-state index in [9.17, 15) is 0 Å². The van der Waals surface area contributed by atoms with E-state index in [1.54, 1.807) is 0 Å². The fraction of sp³-hybridized carbons (Fsp3) is 0. The summed E-state index contributed by atoms with van der Waals surface area (Å²) in [4.78, 5) is 5.47. The normalized spacial score (nSPS) is 14.8. The van der Waals surface area contributed by atoms with Crippen LogP contribution in [0.2, 0.25) is 0 Å². The third kappa shape index (κ3) is 1.95. The lowest BCUT2D eigenvalue weighted by molar-refractivity contribution is 1.32. The lowest BCUT2D eigenvalue weighted by Gasteiger charge is -2.50. The molecule has 0 atom stereocenters. The van der Waals surface area contributed by atoms with Crippen LogP contribution >= 0.6 is 11.8 Å². The van der Waals surface area contributed by atoms with Gasteiger partial charge < -0.3 is 4.81 Å². The summed E-state index contributed by atoms with van der Waals surface area (Å²) in [7, 11) is 0. The van der Waals surface area contributed by atoms with E-state index in [1.807, 2.05) is 11.8 Å². The van der Waals surface area contributed by atoms with Crippen molar-refractivity contribution in [3.63, 3.8) is 0 Å². The molecule has 0 unspecified atom stereocenters. The summed E-state index contributed by atoms with van der Waals surface area (Å²) >= 11 is 1.93. The van der Waals surface area contributed by atoms with Crippen LogP contribution in [0.3, 0.4) is 0 Å². The highest BCUT2D eigenvalue weighted by Crippen LogP contribution is 2.49. The minimum atomic E-state index is 0.197. The first-order chi connectivity index (χ1) is 16.9. The van der Waals surface area contributed by atoms with Gasteiger partial charge in [-0.3, -0.25) is 0 Å². The Morgan fingerprint density at radius 3 is 1.88 bits per heavy atom. The molecule has 0 spiro atoms. The van der Waals surface area contributed by atoms with Crippen molar-refractivity contribution in [3.8, 4) is 22.3 Å². The van der Waals surface area contributed by atoms with Gasteiger partial charge >= 0.3 is 6.85 Å². The summed E-state index contributed by atoms with van der Waals surface area (Å²) in [5.74, 6) is 0. The molecule has 0 saturated heterocycles. The first-order valence-electron chi connectivity index (χ1n) is 11.9. The van der Waals surface area contributed by atoms with Crippen LogP contribution in [0.25, 0.3) is 22.3 Å². The molecule has 0 N–H and O–H groups in total. The van der Waals surface area contributed by atoms with Gasteiger partial charge in [-0.25, -0.2) is 0 Å². The quantitative estimate of drug-likeness (QED) is 0.327. The van der Waals surface area contributed by atoms with Gasteiger partial charge in [0.2, 0.25) is 6.71 Å². The highest BCUT2D eigenvalue weighted by Gasteiger charge is 2.50. The Balaban J connectivity index is 1.51. The second-order valence-corrected chi connectivity index (χ2v) is 10.7. The van der Waals surface area contributed by atoms with Crippen LogP contribution in [-0.2, 0) is 0 Å². The van der Waals surface area contributed by atoms with E-state index in [2.05, 4.69) is 108 Å².